The summed E-state index contributed by atoms with van der Waals surface area (Å²) >= 11 is 5.86. The third-order valence-corrected chi connectivity index (χ3v) is 8.18. The molecule has 1 saturated heterocycles. The Hall–Kier alpha value is -2.69. The Labute approximate surface area is 198 Å². The SMILES string of the molecule is CCn1ncc(Cn2cc(NC(=O)C3CCN(S(=O)(=O)c4ccc(Cl)cc4)CC3)cn2)c1C. The molecule has 11 heteroatoms. The van der Waals surface area contributed by atoms with Gasteiger partial charge in [0.1, 0.15) is 0 Å². The molecule has 0 bridgehead atoms. The number of amides is 1. The van der Waals surface area contributed by atoms with Gasteiger partial charge in [0, 0.05) is 48.0 Å². The van der Waals surface area contributed by atoms with Crippen molar-refractivity contribution in [2.24, 2.45) is 5.92 Å². The summed E-state index contributed by atoms with van der Waals surface area (Å²) in [6.45, 7) is 6.04. The average Bonchev–Trinajstić information content (AvgIpc) is 3.40. The van der Waals surface area contributed by atoms with Crippen LogP contribution >= 0.6 is 11.6 Å². The maximum Gasteiger partial charge on any atom is 0.243 e. The van der Waals surface area contributed by atoms with Crippen LogP contribution < -0.4 is 5.32 Å². The zero-order valence-corrected chi connectivity index (χ0v) is 20.2. The lowest BCUT2D eigenvalue weighted by molar-refractivity contribution is -0.120. The minimum atomic E-state index is -3.59. The molecule has 0 radical (unpaired) electrons. The van der Waals surface area contributed by atoms with E-state index in [1.54, 1.807) is 29.2 Å². The zero-order valence-electron chi connectivity index (χ0n) is 18.6. The van der Waals surface area contributed by atoms with E-state index < -0.39 is 10.0 Å². The number of rotatable bonds is 7. The van der Waals surface area contributed by atoms with E-state index in [1.807, 2.05) is 24.7 Å². The molecule has 3 heterocycles. The number of hydrogen-bond donors (Lipinski definition) is 1. The van der Waals surface area contributed by atoms with E-state index >= 15 is 0 Å². The number of nitrogens with zero attached hydrogens (tertiary/aromatic N) is 5. The molecule has 33 heavy (non-hydrogen) atoms. The Morgan fingerprint density at radius 1 is 1.15 bits per heavy atom. The number of sulfonamides is 1. The number of aromatic nitrogens is 4. The number of piperidine rings is 1. The minimum absolute atomic E-state index is 0.118. The number of carbonyl (C=O) groups excluding carboxylic acids is 1. The van der Waals surface area contributed by atoms with Gasteiger partial charge in [-0.2, -0.15) is 14.5 Å². The molecule has 1 aromatic carbocycles. The molecule has 1 N–H and O–H groups in total. The summed E-state index contributed by atoms with van der Waals surface area (Å²) in [5, 5.41) is 12.1. The van der Waals surface area contributed by atoms with Crippen LogP contribution in [-0.2, 0) is 27.9 Å². The van der Waals surface area contributed by atoms with Crippen molar-refractivity contribution in [3.8, 4) is 0 Å². The normalized spacial score (nSPS) is 15.6. The fraction of sp³-hybridized carbons (Fsp3) is 0.409. The molecule has 2 aromatic heterocycles. The van der Waals surface area contributed by atoms with Crippen molar-refractivity contribution in [1.82, 2.24) is 23.9 Å². The van der Waals surface area contributed by atoms with Crippen LogP contribution in [0.4, 0.5) is 5.69 Å². The number of aryl methyl sites for hydroxylation is 1. The van der Waals surface area contributed by atoms with Crippen molar-refractivity contribution in [3.63, 3.8) is 0 Å². The van der Waals surface area contributed by atoms with E-state index in [-0.39, 0.29) is 16.7 Å². The van der Waals surface area contributed by atoms with Crippen LogP contribution in [0, 0.1) is 12.8 Å². The van der Waals surface area contributed by atoms with Gasteiger partial charge in [0.25, 0.3) is 0 Å². The van der Waals surface area contributed by atoms with Crippen LogP contribution in [0.2, 0.25) is 5.02 Å². The third kappa shape index (κ3) is 5.13. The van der Waals surface area contributed by atoms with Crippen molar-refractivity contribution in [2.45, 2.75) is 44.7 Å². The fourth-order valence-corrected chi connectivity index (χ4v) is 5.60. The molecule has 1 aliphatic heterocycles. The van der Waals surface area contributed by atoms with Crippen molar-refractivity contribution >= 4 is 33.2 Å². The fourth-order valence-electron chi connectivity index (χ4n) is 4.01. The number of nitrogens with one attached hydrogen (secondary N) is 1. The first-order valence-electron chi connectivity index (χ1n) is 10.9. The number of anilines is 1. The summed E-state index contributed by atoms with van der Waals surface area (Å²) in [5.74, 6) is -0.372. The van der Waals surface area contributed by atoms with E-state index in [0.717, 1.165) is 17.8 Å². The van der Waals surface area contributed by atoms with Crippen molar-refractivity contribution in [3.05, 3.63) is 59.1 Å². The van der Waals surface area contributed by atoms with Crippen LogP contribution in [0.25, 0.3) is 0 Å². The second-order valence-electron chi connectivity index (χ2n) is 8.12. The molecule has 0 spiro atoms. The molecule has 0 unspecified atom stereocenters. The standard InChI is InChI=1S/C22H27ClN6O3S/c1-3-29-16(2)18(12-25-29)14-27-15-20(13-24-27)26-22(30)17-8-10-28(11-9-17)33(31,32)21-6-4-19(23)5-7-21/h4-7,12-13,15,17H,3,8-11,14H2,1-2H3,(H,26,30). The summed E-state index contributed by atoms with van der Waals surface area (Å²) in [4.78, 5) is 13.0. The predicted molar refractivity (Wildman–Crippen MR) is 126 cm³/mol. The van der Waals surface area contributed by atoms with Gasteiger partial charge in [-0.05, 0) is 51.0 Å². The van der Waals surface area contributed by atoms with Crippen LogP contribution in [0.1, 0.15) is 31.0 Å². The monoisotopic (exact) mass is 490 g/mol. The largest absolute Gasteiger partial charge is 0.323 e. The third-order valence-electron chi connectivity index (χ3n) is 6.01. The van der Waals surface area contributed by atoms with Gasteiger partial charge in [-0.1, -0.05) is 11.6 Å². The van der Waals surface area contributed by atoms with Gasteiger partial charge in [0.05, 0.1) is 29.5 Å². The van der Waals surface area contributed by atoms with E-state index in [9.17, 15) is 13.2 Å². The first-order valence-corrected chi connectivity index (χ1v) is 12.7. The molecule has 0 atom stereocenters. The Balaban J connectivity index is 1.32. The Kier molecular flexibility index (Phi) is 6.87. The van der Waals surface area contributed by atoms with E-state index in [4.69, 9.17) is 11.6 Å². The Morgan fingerprint density at radius 3 is 2.48 bits per heavy atom. The molecule has 4 rings (SSSR count). The summed E-state index contributed by atoms with van der Waals surface area (Å²) in [6.07, 6.45) is 6.17. The Morgan fingerprint density at radius 2 is 1.85 bits per heavy atom. The van der Waals surface area contributed by atoms with E-state index in [2.05, 4.69) is 15.5 Å². The maximum absolute atomic E-state index is 12.8. The van der Waals surface area contributed by atoms with Gasteiger partial charge in [0.2, 0.25) is 15.9 Å². The highest BCUT2D eigenvalue weighted by molar-refractivity contribution is 7.89. The van der Waals surface area contributed by atoms with Gasteiger partial charge >= 0.3 is 0 Å². The predicted octanol–water partition coefficient (Wildman–Crippen LogP) is 3.15. The summed E-state index contributed by atoms with van der Waals surface area (Å²) in [7, 11) is -3.59. The zero-order chi connectivity index (χ0) is 23.6. The van der Waals surface area contributed by atoms with Gasteiger partial charge in [-0.25, -0.2) is 8.42 Å². The topological polar surface area (TPSA) is 102 Å². The molecule has 176 valence electrons. The first kappa shape index (κ1) is 23.5. The molecular weight excluding hydrogens is 464 g/mol. The van der Waals surface area contributed by atoms with Gasteiger partial charge in [-0.15, -0.1) is 0 Å². The van der Waals surface area contributed by atoms with Gasteiger partial charge < -0.3 is 5.32 Å². The quantitative estimate of drug-likeness (QED) is 0.548. The molecule has 0 aliphatic carbocycles. The lowest BCUT2D eigenvalue weighted by Crippen LogP contribution is -2.41. The molecular formula is C22H27ClN6O3S. The maximum atomic E-state index is 12.8. The Bertz CT molecular complexity index is 1230. The summed E-state index contributed by atoms with van der Waals surface area (Å²) < 4.78 is 30.8. The molecule has 0 saturated carbocycles. The van der Waals surface area contributed by atoms with E-state index in [1.165, 1.54) is 16.4 Å². The highest BCUT2D eigenvalue weighted by atomic mass is 35.5. The van der Waals surface area contributed by atoms with Crippen LogP contribution in [0.3, 0.4) is 0 Å². The van der Waals surface area contributed by atoms with E-state index in [0.29, 0.717) is 43.2 Å². The lowest BCUT2D eigenvalue weighted by Gasteiger charge is -2.30. The van der Waals surface area contributed by atoms with Crippen molar-refractivity contribution in [1.29, 1.82) is 0 Å². The van der Waals surface area contributed by atoms with Crippen LogP contribution in [0.15, 0.2) is 47.8 Å². The number of benzene rings is 1. The van der Waals surface area contributed by atoms with Crippen molar-refractivity contribution in [2.75, 3.05) is 18.4 Å². The smallest absolute Gasteiger partial charge is 0.243 e. The molecule has 1 fully saturated rings. The molecule has 9 nitrogen and oxygen atoms in total. The summed E-state index contributed by atoms with van der Waals surface area (Å²) in [6, 6.07) is 6.13. The first-order chi connectivity index (χ1) is 15.8. The lowest BCUT2D eigenvalue weighted by atomic mass is 9.97. The second-order valence-corrected chi connectivity index (χ2v) is 10.5. The molecule has 3 aromatic rings. The minimum Gasteiger partial charge on any atom is -0.323 e. The van der Waals surface area contributed by atoms with Gasteiger partial charge in [0.15, 0.2) is 0 Å². The molecule has 1 aliphatic rings. The van der Waals surface area contributed by atoms with Crippen LogP contribution in [-0.4, -0.2) is 51.3 Å². The number of hydrogen-bond acceptors (Lipinski definition) is 5. The van der Waals surface area contributed by atoms with Gasteiger partial charge in [-0.3, -0.25) is 14.2 Å². The average molecular weight is 491 g/mol. The second kappa shape index (κ2) is 9.66. The summed E-state index contributed by atoms with van der Waals surface area (Å²) in [5.41, 5.74) is 2.79. The number of halogens is 1. The molecule has 1 amide bonds. The number of carbonyl (C=O) groups is 1. The highest BCUT2D eigenvalue weighted by Crippen LogP contribution is 2.25. The van der Waals surface area contributed by atoms with Crippen LogP contribution in [0.5, 0.6) is 0 Å². The highest BCUT2D eigenvalue weighted by Gasteiger charge is 2.32. The van der Waals surface area contributed by atoms with Crippen molar-refractivity contribution < 1.29 is 13.2 Å².